The molecule has 0 spiro atoms. The van der Waals surface area contributed by atoms with Crippen LogP contribution in [0.2, 0.25) is 0 Å². The van der Waals surface area contributed by atoms with Crippen LogP contribution in [0.25, 0.3) is 0 Å². The van der Waals surface area contributed by atoms with Crippen LogP contribution in [0.1, 0.15) is 0 Å². The molecule has 3 nitrogen and oxygen atoms in total. The molecule has 0 aromatic rings. The molecule has 0 aliphatic rings. The molecule has 0 unspecified atom stereocenters. The Morgan fingerprint density at radius 1 is 0.867 bits per heavy atom. The SMILES string of the molecule is [CH2]C(COCC=C)(OCC=C)OCC=C. The molecule has 0 amide bonds. The number of ether oxygens (including phenoxy) is 3. The first-order valence-corrected chi connectivity index (χ1v) is 4.72. The van der Waals surface area contributed by atoms with Gasteiger partial charge in [0, 0.05) is 6.92 Å². The second-order valence-corrected chi connectivity index (χ2v) is 2.91. The highest BCUT2D eigenvalue weighted by atomic mass is 16.7. The Balaban J connectivity index is 4.05. The molecule has 85 valence electrons. The normalized spacial score (nSPS) is 11.0. The van der Waals surface area contributed by atoms with Crippen molar-refractivity contribution in [2.24, 2.45) is 0 Å². The van der Waals surface area contributed by atoms with Gasteiger partial charge < -0.3 is 14.2 Å². The summed E-state index contributed by atoms with van der Waals surface area (Å²) >= 11 is 0. The number of hydrogen-bond donors (Lipinski definition) is 0. The number of hydrogen-bond acceptors (Lipinski definition) is 3. The van der Waals surface area contributed by atoms with E-state index in [1.807, 2.05) is 0 Å². The van der Waals surface area contributed by atoms with Gasteiger partial charge in [0.25, 0.3) is 0 Å². The Hall–Kier alpha value is -0.900. The monoisotopic (exact) mass is 211 g/mol. The fraction of sp³-hybridized carbons (Fsp3) is 0.417. The highest BCUT2D eigenvalue weighted by Gasteiger charge is 2.25. The predicted octanol–water partition coefficient (Wildman–Crippen LogP) is 2.12. The lowest BCUT2D eigenvalue weighted by Gasteiger charge is -2.28. The lowest BCUT2D eigenvalue weighted by atomic mass is 10.3. The Bertz CT molecular complexity index is 187. The molecule has 0 aromatic carbocycles. The second-order valence-electron chi connectivity index (χ2n) is 2.91. The average molecular weight is 211 g/mol. The second kappa shape index (κ2) is 8.41. The molecule has 0 heterocycles. The van der Waals surface area contributed by atoms with E-state index < -0.39 is 5.79 Å². The third kappa shape index (κ3) is 7.08. The first-order chi connectivity index (χ1) is 7.18. The molecular weight excluding hydrogens is 192 g/mol. The van der Waals surface area contributed by atoms with Gasteiger partial charge in [-0.05, 0) is 0 Å². The van der Waals surface area contributed by atoms with Crippen molar-refractivity contribution < 1.29 is 14.2 Å². The van der Waals surface area contributed by atoms with Gasteiger partial charge >= 0.3 is 0 Å². The fourth-order valence-corrected chi connectivity index (χ4v) is 0.844. The molecule has 0 aliphatic heterocycles. The quantitative estimate of drug-likeness (QED) is 0.315. The van der Waals surface area contributed by atoms with Crippen molar-refractivity contribution in [3.05, 3.63) is 44.9 Å². The van der Waals surface area contributed by atoms with Crippen LogP contribution >= 0.6 is 0 Å². The van der Waals surface area contributed by atoms with Crippen LogP contribution in [0.5, 0.6) is 0 Å². The van der Waals surface area contributed by atoms with Crippen molar-refractivity contribution in [3.8, 4) is 0 Å². The lowest BCUT2D eigenvalue weighted by Crippen LogP contribution is -2.38. The summed E-state index contributed by atoms with van der Waals surface area (Å²) < 4.78 is 16.0. The zero-order valence-corrected chi connectivity index (χ0v) is 9.11. The fourth-order valence-electron chi connectivity index (χ4n) is 0.844. The summed E-state index contributed by atoms with van der Waals surface area (Å²) in [6, 6.07) is 0. The molecule has 3 heteroatoms. The highest BCUT2D eigenvalue weighted by molar-refractivity contribution is 4.79. The van der Waals surface area contributed by atoms with Crippen molar-refractivity contribution in [2.45, 2.75) is 5.79 Å². The van der Waals surface area contributed by atoms with Crippen LogP contribution in [0.3, 0.4) is 0 Å². The molecule has 0 fully saturated rings. The Morgan fingerprint density at radius 3 is 1.73 bits per heavy atom. The van der Waals surface area contributed by atoms with Crippen LogP contribution in [0.4, 0.5) is 0 Å². The summed E-state index contributed by atoms with van der Waals surface area (Å²) in [5.41, 5.74) is 0. The highest BCUT2D eigenvalue weighted by Crippen LogP contribution is 2.12. The summed E-state index contributed by atoms with van der Waals surface area (Å²) in [6.45, 7) is 15.9. The lowest BCUT2D eigenvalue weighted by molar-refractivity contribution is -0.220. The van der Waals surface area contributed by atoms with E-state index in [0.29, 0.717) is 19.8 Å². The van der Waals surface area contributed by atoms with E-state index in [1.54, 1.807) is 18.2 Å². The van der Waals surface area contributed by atoms with E-state index >= 15 is 0 Å². The topological polar surface area (TPSA) is 27.7 Å². The maximum Gasteiger partial charge on any atom is 0.192 e. The van der Waals surface area contributed by atoms with Crippen molar-refractivity contribution >= 4 is 0 Å². The van der Waals surface area contributed by atoms with Gasteiger partial charge in [-0.2, -0.15) is 0 Å². The van der Waals surface area contributed by atoms with Crippen LogP contribution < -0.4 is 0 Å². The van der Waals surface area contributed by atoms with Gasteiger partial charge in [0.2, 0.25) is 0 Å². The molecule has 15 heavy (non-hydrogen) atoms. The van der Waals surface area contributed by atoms with Crippen molar-refractivity contribution in [2.75, 3.05) is 26.4 Å². The van der Waals surface area contributed by atoms with Crippen molar-refractivity contribution in [3.63, 3.8) is 0 Å². The van der Waals surface area contributed by atoms with Gasteiger partial charge in [-0.25, -0.2) is 0 Å². The van der Waals surface area contributed by atoms with E-state index in [1.165, 1.54) is 0 Å². The maximum atomic E-state index is 5.37. The molecular formula is C12H19O3. The van der Waals surface area contributed by atoms with Crippen LogP contribution in [0.15, 0.2) is 38.0 Å². The zero-order chi connectivity index (χ0) is 11.6. The molecule has 0 bridgehead atoms. The first-order valence-electron chi connectivity index (χ1n) is 4.72. The van der Waals surface area contributed by atoms with E-state index in [9.17, 15) is 0 Å². The van der Waals surface area contributed by atoms with Gasteiger partial charge in [-0.3, -0.25) is 0 Å². The molecule has 1 radical (unpaired) electrons. The van der Waals surface area contributed by atoms with Crippen LogP contribution in [-0.2, 0) is 14.2 Å². The predicted molar refractivity (Wildman–Crippen MR) is 61.4 cm³/mol. The van der Waals surface area contributed by atoms with E-state index in [4.69, 9.17) is 14.2 Å². The minimum atomic E-state index is -1.01. The van der Waals surface area contributed by atoms with Gasteiger partial charge in [-0.1, -0.05) is 18.2 Å². The Labute approximate surface area is 92.0 Å². The third-order valence-corrected chi connectivity index (χ3v) is 1.49. The zero-order valence-electron chi connectivity index (χ0n) is 9.11. The molecule has 0 N–H and O–H groups in total. The summed E-state index contributed by atoms with van der Waals surface area (Å²) in [5.74, 6) is -1.01. The molecule has 0 saturated heterocycles. The maximum absolute atomic E-state index is 5.37. The Morgan fingerprint density at radius 2 is 1.33 bits per heavy atom. The van der Waals surface area contributed by atoms with E-state index in [-0.39, 0.29) is 6.61 Å². The first kappa shape index (κ1) is 14.1. The summed E-state index contributed by atoms with van der Waals surface area (Å²) in [7, 11) is 0. The van der Waals surface area contributed by atoms with Crippen molar-refractivity contribution in [1.82, 2.24) is 0 Å². The average Bonchev–Trinajstić information content (AvgIpc) is 2.24. The largest absolute Gasteiger partial charge is 0.372 e. The number of rotatable bonds is 10. The molecule has 0 saturated carbocycles. The minimum absolute atomic E-state index is 0.237. The summed E-state index contributed by atoms with van der Waals surface area (Å²) in [5, 5.41) is 0. The minimum Gasteiger partial charge on any atom is -0.372 e. The Kier molecular flexibility index (Phi) is 7.91. The molecule has 0 aliphatic carbocycles. The summed E-state index contributed by atoms with van der Waals surface area (Å²) in [6.07, 6.45) is 4.91. The summed E-state index contributed by atoms with van der Waals surface area (Å²) in [4.78, 5) is 0. The van der Waals surface area contributed by atoms with E-state index in [2.05, 4.69) is 26.7 Å². The van der Waals surface area contributed by atoms with Crippen LogP contribution in [0, 0.1) is 6.92 Å². The molecule has 0 atom stereocenters. The third-order valence-electron chi connectivity index (χ3n) is 1.49. The van der Waals surface area contributed by atoms with Gasteiger partial charge in [0.05, 0.1) is 19.8 Å². The van der Waals surface area contributed by atoms with Gasteiger partial charge in [0.1, 0.15) is 6.61 Å². The van der Waals surface area contributed by atoms with Gasteiger partial charge in [-0.15, -0.1) is 19.7 Å². The molecule has 0 rings (SSSR count). The van der Waals surface area contributed by atoms with E-state index in [0.717, 1.165) is 0 Å². The van der Waals surface area contributed by atoms with Crippen molar-refractivity contribution in [1.29, 1.82) is 0 Å². The standard InChI is InChI=1S/C12H19O3/c1-5-8-13-11-12(4,14-9-6-2)15-10-7-3/h5-7H,1-4,8-11H2. The van der Waals surface area contributed by atoms with Crippen LogP contribution in [-0.4, -0.2) is 32.2 Å². The molecule has 0 aromatic heterocycles. The smallest absolute Gasteiger partial charge is 0.192 e. The van der Waals surface area contributed by atoms with Gasteiger partial charge in [0.15, 0.2) is 5.79 Å².